The van der Waals surface area contributed by atoms with Gasteiger partial charge in [0, 0.05) is 17.8 Å². The summed E-state index contributed by atoms with van der Waals surface area (Å²) in [5.74, 6) is 0.967. The Morgan fingerprint density at radius 3 is 2.37 bits per heavy atom. The van der Waals surface area contributed by atoms with Gasteiger partial charge in [0.25, 0.3) is 0 Å². The predicted octanol–water partition coefficient (Wildman–Crippen LogP) is 5.19. The molecule has 5 heteroatoms. The van der Waals surface area contributed by atoms with E-state index in [1.54, 1.807) is 6.92 Å². The average Bonchev–Trinajstić information content (AvgIpc) is 2.96. The third-order valence-corrected chi connectivity index (χ3v) is 10.7. The fourth-order valence-corrected chi connectivity index (χ4v) is 8.50. The van der Waals surface area contributed by atoms with Gasteiger partial charge in [-0.05, 0) is 74.9 Å². The van der Waals surface area contributed by atoms with Gasteiger partial charge in [-0.15, -0.1) is 0 Å². The highest BCUT2D eigenvalue weighted by molar-refractivity contribution is 9.10. The van der Waals surface area contributed by atoms with E-state index in [4.69, 9.17) is 4.74 Å². The molecule has 2 saturated carbocycles. The van der Waals surface area contributed by atoms with Gasteiger partial charge in [-0.1, -0.05) is 48.4 Å². The second kappa shape index (κ2) is 6.88. The number of carbonyl (C=O) groups excluding carboxylic acids is 3. The van der Waals surface area contributed by atoms with Gasteiger partial charge in [0.1, 0.15) is 0 Å². The lowest BCUT2D eigenvalue weighted by molar-refractivity contribution is -0.185. The number of rotatable bonds is 2. The standard InChI is InChI=1S/C25H33BrO4/c1-13-11-17-18-8-10-25(15(3)27,30-16(4)28)23(18,5)9-7-19(17)24(6)14(2)22(26)21(29)12-20(13)24/h11-12,14,17-19,22H,7-10H2,1-6H3/t14-,17?,18?,19?,22?,23?,24?,25-/m0/s1. The number of ketones is 2. The maximum atomic E-state index is 12.9. The minimum Gasteiger partial charge on any atom is -0.451 e. The van der Waals surface area contributed by atoms with Crippen molar-refractivity contribution in [2.45, 2.75) is 77.7 Å². The molecule has 6 unspecified atom stereocenters. The molecule has 0 aromatic heterocycles. The average molecular weight is 477 g/mol. The lowest BCUT2D eigenvalue weighted by Crippen LogP contribution is -2.59. The van der Waals surface area contributed by atoms with Crippen LogP contribution < -0.4 is 0 Å². The number of halogens is 1. The van der Waals surface area contributed by atoms with Crippen molar-refractivity contribution in [2.24, 2.45) is 34.5 Å². The van der Waals surface area contributed by atoms with E-state index in [-0.39, 0.29) is 45.0 Å². The molecular formula is C25H33BrO4. The number of allylic oxidation sites excluding steroid dienone is 4. The molecule has 0 heterocycles. The molecule has 30 heavy (non-hydrogen) atoms. The minimum absolute atomic E-state index is 0.0263. The van der Waals surface area contributed by atoms with E-state index in [1.807, 2.05) is 6.08 Å². The SMILES string of the molecule is CC(=O)O[C@]1(C(C)=O)CCC2C3C=C(C)C4=CC(=O)C(Br)[C@H](C)C4(C)C3CCC21C. The van der Waals surface area contributed by atoms with Crippen LogP contribution in [0.15, 0.2) is 23.3 Å². The largest absolute Gasteiger partial charge is 0.451 e. The predicted molar refractivity (Wildman–Crippen MR) is 119 cm³/mol. The van der Waals surface area contributed by atoms with E-state index in [0.717, 1.165) is 19.3 Å². The monoisotopic (exact) mass is 476 g/mol. The van der Waals surface area contributed by atoms with Gasteiger partial charge in [0.05, 0.1) is 4.83 Å². The van der Waals surface area contributed by atoms with Crippen molar-refractivity contribution in [3.8, 4) is 0 Å². The van der Waals surface area contributed by atoms with Gasteiger partial charge in [-0.3, -0.25) is 14.4 Å². The lowest BCUT2D eigenvalue weighted by atomic mass is 9.45. The Kier molecular flexibility index (Phi) is 5.04. The van der Waals surface area contributed by atoms with E-state index < -0.39 is 5.60 Å². The van der Waals surface area contributed by atoms with Crippen LogP contribution >= 0.6 is 15.9 Å². The summed E-state index contributed by atoms with van der Waals surface area (Å²) in [7, 11) is 0. The number of Topliss-reactive ketones (excluding diaryl/α,β-unsaturated/α-hetero) is 1. The summed E-state index contributed by atoms with van der Waals surface area (Å²) in [5, 5.41) is 0. The van der Waals surface area contributed by atoms with Crippen molar-refractivity contribution in [2.75, 3.05) is 0 Å². The second-order valence-corrected chi connectivity index (χ2v) is 11.5. The Morgan fingerprint density at radius 1 is 1.13 bits per heavy atom. The number of esters is 1. The van der Waals surface area contributed by atoms with Crippen molar-refractivity contribution in [3.63, 3.8) is 0 Å². The van der Waals surface area contributed by atoms with Crippen molar-refractivity contribution in [1.82, 2.24) is 0 Å². The minimum atomic E-state index is -1.01. The molecule has 0 bridgehead atoms. The summed E-state index contributed by atoms with van der Waals surface area (Å²) in [6.45, 7) is 11.8. The van der Waals surface area contributed by atoms with E-state index in [9.17, 15) is 14.4 Å². The first-order chi connectivity index (χ1) is 13.9. The van der Waals surface area contributed by atoms with Crippen LogP contribution in [0.25, 0.3) is 0 Å². The summed E-state index contributed by atoms with van der Waals surface area (Å²) in [6, 6.07) is 0. The summed E-state index contributed by atoms with van der Waals surface area (Å²) >= 11 is 3.67. The van der Waals surface area contributed by atoms with E-state index >= 15 is 0 Å². The molecule has 0 spiro atoms. The number of hydrogen-bond acceptors (Lipinski definition) is 4. The van der Waals surface area contributed by atoms with Crippen molar-refractivity contribution >= 4 is 33.5 Å². The van der Waals surface area contributed by atoms with Crippen molar-refractivity contribution < 1.29 is 19.1 Å². The summed E-state index contributed by atoms with van der Waals surface area (Å²) in [6.07, 6.45) is 7.53. The molecule has 0 aliphatic heterocycles. The highest BCUT2D eigenvalue weighted by atomic mass is 79.9. The normalized spacial score (nSPS) is 47.4. The zero-order chi connectivity index (χ0) is 22.2. The third-order valence-electron chi connectivity index (χ3n) is 9.50. The summed E-state index contributed by atoms with van der Waals surface area (Å²) in [4.78, 5) is 37.3. The van der Waals surface area contributed by atoms with Gasteiger partial charge < -0.3 is 4.74 Å². The topological polar surface area (TPSA) is 60.4 Å². The quantitative estimate of drug-likeness (QED) is 0.406. The van der Waals surface area contributed by atoms with Crippen LogP contribution in [0.1, 0.15) is 67.2 Å². The van der Waals surface area contributed by atoms with Crippen molar-refractivity contribution in [1.29, 1.82) is 0 Å². The van der Waals surface area contributed by atoms with E-state index in [2.05, 4.69) is 49.7 Å². The molecule has 4 aliphatic carbocycles. The van der Waals surface area contributed by atoms with Gasteiger partial charge >= 0.3 is 5.97 Å². The van der Waals surface area contributed by atoms with E-state index in [1.165, 1.54) is 18.1 Å². The number of ether oxygens (including phenoxy) is 1. The molecule has 4 rings (SSSR count). The maximum absolute atomic E-state index is 12.9. The zero-order valence-corrected chi connectivity index (χ0v) is 20.5. The number of carbonyl (C=O) groups is 3. The van der Waals surface area contributed by atoms with Crippen molar-refractivity contribution in [3.05, 3.63) is 23.3 Å². The van der Waals surface area contributed by atoms with Crippen LogP contribution in [-0.2, 0) is 19.1 Å². The first-order valence-corrected chi connectivity index (χ1v) is 12.1. The Morgan fingerprint density at radius 2 is 1.77 bits per heavy atom. The first-order valence-electron chi connectivity index (χ1n) is 11.2. The maximum Gasteiger partial charge on any atom is 0.303 e. The highest BCUT2D eigenvalue weighted by Crippen LogP contribution is 2.68. The number of hydrogen-bond donors (Lipinski definition) is 0. The zero-order valence-electron chi connectivity index (χ0n) is 18.9. The molecule has 0 amide bonds. The van der Waals surface area contributed by atoms with Gasteiger partial charge in [-0.2, -0.15) is 0 Å². The molecular weight excluding hydrogens is 444 g/mol. The Labute approximate surface area is 188 Å². The molecule has 4 nitrogen and oxygen atoms in total. The van der Waals surface area contributed by atoms with Gasteiger partial charge in [-0.25, -0.2) is 0 Å². The molecule has 0 aromatic rings. The number of alkyl halides is 1. The Balaban J connectivity index is 1.82. The fraction of sp³-hybridized carbons (Fsp3) is 0.720. The smallest absolute Gasteiger partial charge is 0.303 e. The fourth-order valence-electron chi connectivity index (χ4n) is 7.82. The third kappa shape index (κ3) is 2.59. The van der Waals surface area contributed by atoms with Crippen LogP contribution in [0.3, 0.4) is 0 Å². The lowest BCUT2D eigenvalue weighted by Gasteiger charge is -2.60. The molecule has 0 N–H and O–H groups in total. The van der Waals surface area contributed by atoms with Gasteiger partial charge in [0.2, 0.25) is 0 Å². The molecule has 0 radical (unpaired) electrons. The number of fused-ring (bicyclic) bond motifs is 5. The van der Waals surface area contributed by atoms with Crippen LogP contribution in [0.5, 0.6) is 0 Å². The Hall–Kier alpha value is -1.23. The Bertz CT molecular complexity index is 888. The highest BCUT2D eigenvalue weighted by Gasteiger charge is 2.68. The first kappa shape index (κ1) is 22.0. The molecule has 164 valence electrons. The van der Waals surface area contributed by atoms with Crippen LogP contribution in [0.4, 0.5) is 0 Å². The van der Waals surface area contributed by atoms with Crippen LogP contribution in [-0.4, -0.2) is 28.0 Å². The van der Waals surface area contributed by atoms with Crippen LogP contribution in [0.2, 0.25) is 0 Å². The van der Waals surface area contributed by atoms with Crippen LogP contribution in [0, 0.1) is 34.5 Å². The second-order valence-electron chi connectivity index (χ2n) is 10.5. The van der Waals surface area contributed by atoms with Gasteiger partial charge in [0.15, 0.2) is 17.2 Å². The molecule has 0 aromatic carbocycles. The molecule has 2 fully saturated rings. The molecule has 0 saturated heterocycles. The molecule has 4 aliphatic rings. The summed E-state index contributed by atoms with van der Waals surface area (Å²) in [5.41, 5.74) is 0.920. The molecule has 8 atom stereocenters. The summed E-state index contributed by atoms with van der Waals surface area (Å²) < 4.78 is 5.85. The van der Waals surface area contributed by atoms with E-state index in [0.29, 0.717) is 18.3 Å².